The maximum Gasteiger partial charge on any atom is 0.141 e. The molecule has 0 spiro atoms. The van der Waals surface area contributed by atoms with Gasteiger partial charge in [0.1, 0.15) is 11.3 Å². The molecular weight excluding hydrogens is 508 g/mol. The minimum atomic E-state index is 0.889. The van der Waals surface area contributed by atoms with E-state index in [1.54, 1.807) is 6.20 Å². The third-order valence-electron chi connectivity index (χ3n) is 7.29. The maximum absolute atomic E-state index is 4.83. The van der Waals surface area contributed by atoms with Gasteiger partial charge in [-0.1, -0.05) is 0 Å². The van der Waals surface area contributed by atoms with Gasteiger partial charge in [-0.05, 0) is 74.5 Å². The van der Waals surface area contributed by atoms with Crippen LogP contribution in [0.2, 0.25) is 0 Å². The van der Waals surface area contributed by atoms with E-state index in [9.17, 15) is 0 Å². The van der Waals surface area contributed by atoms with E-state index < -0.39 is 0 Å². The number of nitrogens with one attached hydrogen (secondary N) is 1. The molecule has 8 heteroatoms. The first-order chi connectivity index (χ1) is 20.0. The van der Waals surface area contributed by atoms with Crippen molar-refractivity contribution in [2.45, 2.75) is 13.8 Å². The molecule has 0 aromatic carbocycles. The second-order valence-electron chi connectivity index (χ2n) is 10.0. The zero-order chi connectivity index (χ0) is 27.9. The highest BCUT2D eigenvalue weighted by atomic mass is 15.0. The molecule has 0 fully saturated rings. The van der Waals surface area contributed by atoms with Crippen LogP contribution < -0.4 is 0 Å². The number of fused-ring (bicyclic) bond motifs is 6. The van der Waals surface area contributed by atoms with Crippen molar-refractivity contribution >= 4 is 43.9 Å². The van der Waals surface area contributed by atoms with Crippen LogP contribution in [0.25, 0.3) is 66.4 Å². The zero-order valence-electron chi connectivity index (χ0n) is 22.9. The van der Waals surface area contributed by atoms with Crippen molar-refractivity contribution in [2.75, 3.05) is 0 Å². The molecule has 0 amide bonds. The third kappa shape index (κ3) is 4.45. The standard InChI is InChI=1S/C17H14N4.C16H12N4/c1-11-9-12(5-8-19-11)15-4-3-13-14-10-18-7-6-16(14)21(2)17(13)20-15;1-10-8-11(4-7-18-10)14-3-2-12-13-9-17-6-5-15(13)20-16(12)19-14/h3-10H,1-2H3;2-9H,1H3,(H,19,20). The fourth-order valence-corrected chi connectivity index (χ4v) is 5.26. The van der Waals surface area contributed by atoms with Crippen molar-refractivity contribution in [3.8, 4) is 22.5 Å². The number of hydrogen-bond acceptors (Lipinski definition) is 6. The molecule has 0 bridgehead atoms. The lowest BCUT2D eigenvalue weighted by Gasteiger charge is -2.03. The molecule has 0 aliphatic carbocycles. The molecule has 0 saturated carbocycles. The molecule has 8 heterocycles. The fourth-order valence-electron chi connectivity index (χ4n) is 5.26. The second kappa shape index (κ2) is 9.91. The highest BCUT2D eigenvalue weighted by Crippen LogP contribution is 2.29. The Labute approximate surface area is 235 Å². The van der Waals surface area contributed by atoms with E-state index in [4.69, 9.17) is 9.97 Å². The summed E-state index contributed by atoms with van der Waals surface area (Å²) >= 11 is 0. The van der Waals surface area contributed by atoms with E-state index in [0.717, 1.165) is 77.8 Å². The summed E-state index contributed by atoms with van der Waals surface area (Å²) in [6.45, 7) is 3.97. The fraction of sp³-hybridized carbons (Fsp3) is 0.0909. The smallest absolute Gasteiger partial charge is 0.141 e. The van der Waals surface area contributed by atoms with E-state index in [1.165, 1.54) is 0 Å². The van der Waals surface area contributed by atoms with Gasteiger partial charge >= 0.3 is 0 Å². The molecule has 41 heavy (non-hydrogen) atoms. The summed E-state index contributed by atoms with van der Waals surface area (Å²) in [6.07, 6.45) is 11.0. The first-order valence-corrected chi connectivity index (χ1v) is 13.3. The summed E-state index contributed by atoms with van der Waals surface area (Å²) in [6, 6.07) is 20.4. The average Bonchev–Trinajstić information content (AvgIpc) is 3.52. The molecule has 0 unspecified atom stereocenters. The molecule has 0 radical (unpaired) electrons. The van der Waals surface area contributed by atoms with Gasteiger partial charge in [-0.15, -0.1) is 0 Å². The van der Waals surface area contributed by atoms with Crippen molar-refractivity contribution < 1.29 is 0 Å². The van der Waals surface area contributed by atoms with Crippen LogP contribution in [0, 0.1) is 13.8 Å². The van der Waals surface area contributed by atoms with E-state index in [1.807, 2.05) is 88.3 Å². The number of aryl methyl sites for hydroxylation is 3. The van der Waals surface area contributed by atoms with Gasteiger partial charge in [0.2, 0.25) is 0 Å². The van der Waals surface area contributed by atoms with Crippen molar-refractivity contribution in [1.29, 1.82) is 0 Å². The number of pyridine rings is 6. The number of rotatable bonds is 2. The SMILES string of the molecule is Cc1cc(-c2ccc3c(n2)[nH]c2ccncc23)ccn1.Cc1cc(-c2ccc3c4cnccc4n(C)c3n2)ccn1. The Morgan fingerprint density at radius 2 is 1.24 bits per heavy atom. The molecule has 0 aliphatic rings. The van der Waals surface area contributed by atoms with Crippen molar-refractivity contribution in [3.05, 3.63) is 109 Å². The van der Waals surface area contributed by atoms with Crippen LogP contribution in [0.1, 0.15) is 11.4 Å². The Morgan fingerprint density at radius 3 is 1.95 bits per heavy atom. The molecule has 8 aromatic heterocycles. The van der Waals surface area contributed by atoms with Gasteiger partial charge < -0.3 is 9.55 Å². The predicted molar refractivity (Wildman–Crippen MR) is 163 cm³/mol. The van der Waals surface area contributed by atoms with Crippen LogP contribution >= 0.6 is 0 Å². The van der Waals surface area contributed by atoms with Gasteiger partial charge in [-0.25, -0.2) is 9.97 Å². The van der Waals surface area contributed by atoms with Crippen LogP contribution in [0.4, 0.5) is 0 Å². The Kier molecular flexibility index (Phi) is 5.93. The zero-order valence-corrected chi connectivity index (χ0v) is 22.9. The maximum atomic E-state index is 4.83. The Balaban J connectivity index is 0.000000135. The second-order valence-corrected chi connectivity index (χ2v) is 10.0. The summed E-state index contributed by atoms with van der Waals surface area (Å²) in [5.74, 6) is 0. The minimum absolute atomic E-state index is 0.889. The summed E-state index contributed by atoms with van der Waals surface area (Å²) in [7, 11) is 2.04. The molecule has 0 saturated heterocycles. The number of aromatic amines is 1. The number of hydrogen-bond donors (Lipinski definition) is 1. The highest BCUT2D eigenvalue weighted by molar-refractivity contribution is 6.07. The molecule has 8 nitrogen and oxygen atoms in total. The first-order valence-electron chi connectivity index (χ1n) is 13.3. The quantitative estimate of drug-likeness (QED) is 0.257. The topological polar surface area (TPSA) is 98.1 Å². The first kappa shape index (κ1) is 24.5. The molecule has 198 valence electrons. The van der Waals surface area contributed by atoms with Crippen LogP contribution in [-0.2, 0) is 7.05 Å². The molecule has 8 aromatic rings. The van der Waals surface area contributed by atoms with Crippen LogP contribution in [0.5, 0.6) is 0 Å². The Hall–Kier alpha value is -5.50. The molecule has 0 atom stereocenters. The lowest BCUT2D eigenvalue weighted by Crippen LogP contribution is -1.92. The van der Waals surface area contributed by atoms with Gasteiger partial charge in [0.25, 0.3) is 0 Å². The molecule has 0 aliphatic heterocycles. The van der Waals surface area contributed by atoms with Gasteiger partial charge in [-0.2, -0.15) is 0 Å². The third-order valence-corrected chi connectivity index (χ3v) is 7.29. The van der Waals surface area contributed by atoms with Crippen LogP contribution in [-0.4, -0.2) is 39.5 Å². The Bertz CT molecular complexity index is 2210. The van der Waals surface area contributed by atoms with Gasteiger partial charge in [0.15, 0.2) is 0 Å². The lowest BCUT2D eigenvalue weighted by molar-refractivity contribution is 0.989. The monoisotopic (exact) mass is 534 g/mol. The lowest BCUT2D eigenvalue weighted by atomic mass is 10.1. The largest absolute Gasteiger partial charge is 0.339 e. The summed E-state index contributed by atoms with van der Waals surface area (Å²) in [4.78, 5) is 29.7. The van der Waals surface area contributed by atoms with Crippen LogP contribution in [0.15, 0.2) is 97.8 Å². The minimum Gasteiger partial charge on any atom is -0.339 e. The average molecular weight is 535 g/mol. The van der Waals surface area contributed by atoms with Gasteiger partial charge in [0, 0.05) is 88.3 Å². The van der Waals surface area contributed by atoms with Crippen molar-refractivity contribution in [2.24, 2.45) is 7.05 Å². The normalized spacial score (nSPS) is 11.3. The van der Waals surface area contributed by atoms with E-state index in [2.05, 4.69) is 53.8 Å². The van der Waals surface area contributed by atoms with E-state index in [0.29, 0.717) is 0 Å². The summed E-state index contributed by atoms with van der Waals surface area (Å²) in [5, 5.41) is 4.48. The molecule has 1 N–H and O–H groups in total. The van der Waals surface area contributed by atoms with Crippen molar-refractivity contribution in [3.63, 3.8) is 0 Å². The number of H-pyrrole nitrogens is 1. The highest BCUT2D eigenvalue weighted by Gasteiger charge is 2.11. The van der Waals surface area contributed by atoms with E-state index >= 15 is 0 Å². The summed E-state index contributed by atoms with van der Waals surface area (Å²) < 4.78 is 2.11. The van der Waals surface area contributed by atoms with Crippen LogP contribution in [0.3, 0.4) is 0 Å². The van der Waals surface area contributed by atoms with Gasteiger partial charge in [-0.3, -0.25) is 19.9 Å². The van der Waals surface area contributed by atoms with E-state index in [-0.39, 0.29) is 0 Å². The molecular formula is C33H26N8. The Morgan fingerprint density at radius 1 is 0.610 bits per heavy atom. The number of aromatic nitrogens is 8. The molecule has 8 rings (SSSR count). The predicted octanol–water partition coefficient (Wildman–Crippen LogP) is 6.97. The van der Waals surface area contributed by atoms with Gasteiger partial charge in [0.05, 0.1) is 22.4 Å². The van der Waals surface area contributed by atoms with Crippen molar-refractivity contribution in [1.82, 2.24) is 39.5 Å². The summed E-state index contributed by atoms with van der Waals surface area (Å²) in [5.41, 5.74) is 10.1. The number of nitrogens with zero attached hydrogens (tertiary/aromatic N) is 7.